The number of carboxylic acids is 1. The molecule has 0 saturated carbocycles. The number of carbonyl (C=O) groups excluding carboxylic acids is 1. The standard InChI is InChI=1S/C14H19NO4S/c1-3-19-13-7-5-4-6-11(13)8-20-9-12(14(17)18)15-10(2)16/h4-7,12H,3,8-9H2,1-2H3,(H,15,16)(H,17,18). The molecule has 2 N–H and O–H groups in total. The van der Waals surface area contributed by atoms with E-state index in [1.54, 1.807) is 0 Å². The Bertz CT molecular complexity index is 464. The second kappa shape index (κ2) is 8.47. The molecule has 0 saturated heterocycles. The van der Waals surface area contributed by atoms with Crippen LogP contribution in [0.2, 0.25) is 0 Å². The van der Waals surface area contributed by atoms with Crippen molar-refractivity contribution in [3.8, 4) is 5.75 Å². The predicted molar refractivity (Wildman–Crippen MR) is 79.0 cm³/mol. The van der Waals surface area contributed by atoms with Crippen LogP contribution in [0.5, 0.6) is 5.75 Å². The fraction of sp³-hybridized carbons (Fsp3) is 0.429. The van der Waals surface area contributed by atoms with Gasteiger partial charge in [0.1, 0.15) is 11.8 Å². The van der Waals surface area contributed by atoms with Crippen LogP contribution in [0, 0.1) is 0 Å². The van der Waals surface area contributed by atoms with Gasteiger partial charge in [-0.3, -0.25) is 4.79 Å². The van der Waals surface area contributed by atoms with Crippen molar-refractivity contribution in [1.82, 2.24) is 5.32 Å². The molecule has 1 amide bonds. The van der Waals surface area contributed by atoms with E-state index >= 15 is 0 Å². The monoisotopic (exact) mass is 297 g/mol. The Balaban J connectivity index is 2.54. The van der Waals surface area contributed by atoms with Crippen LogP contribution in [-0.2, 0) is 15.3 Å². The van der Waals surface area contributed by atoms with Crippen LogP contribution in [0.1, 0.15) is 19.4 Å². The fourth-order valence-electron chi connectivity index (χ4n) is 1.63. The van der Waals surface area contributed by atoms with Gasteiger partial charge in [0.25, 0.3) is 0 Å². The van der Waals surface area contributed by atoms with Gasteiger partial charge in [0, 0.05) is 24.0 Å². The highest BCUT2D eigenvalue weighted by Gasteiger charge is 2.18. The highest BCUT2D eigenvalue weighted by Crippen LogP contribution is 2.23. The van der Waals surface area contributed by atoms with Gasteiger partial charge in [-0.05, 0) is 13.0 Å². The number of para-hydroxylation sites is 1. The van der Waals surface area contributed by atoms with Gasteiger partial charge in [0.15, 0.2) is 0 Å². The van der Waals surface area contributed by atoms with Gasteiger partial charge < -0.3 is 15.2 Å². The van der Waals surface area contributed by atoms with E-state index in [1.165, 1.54) is 18.7 Å². The van der Waals surface area contributed by atoms with Crippen molar-refractivity contribution >= 4 is 23.6 Å². The van der Waals surface area contributed by atoms with Crippen LogP contribution in [-0.4, -0.2) is 35.4 Å². The Labute approximate surface area is 122 Å². The molecule has 0 bridgehead atoms. The molecule has 20 heavy (non-hydrogen) atoms. The maximum Gasteiger partial charge on any atom is 0.327 e. The second-order valence-corrected chi connectivity index (χ2v) is 5.18. The van der Waals surface area contributed by atoms with E-state index in [0.717, 1.165) is 11.3 Å². The van der Waals surface area contributed by atoms with E-state index in [9.17, 15) is 9.59 Å². The summed E-state index contributed by atoms with van der Waals surface area (Å²) in [5, 5.41) is 11.4. The van der Waals surface area contributed by atoms with Gasteiger partial charge in [-0.15, -0.1) is 0 Å². The van der Waals surface area contributed by atoms with Gasteiger partial charge in [-0.25, -0.2) is 4.79 Å². The van der Waals surface area contributed by atoms with Gasteiger partial charge in [-0.2, -0.15) is 11.8 Å². The quantitative estimate of drug-likeness (QED) is 0.766. The van der Waals surface area contributed by atoms with Crippen LogP contribution in [0.25, 0.3) is 0 Å². The van der Waals surface area contributed by atoms with E-state index in [4.69, 9.17) is 9.84 Å². The largest absolute Gasteiger partial charge is 0.494 e. The highest BCUT2D eigenvalue weighted by atomic mass is 32.2. The minimum atomic E-state index is -1.02. The highest BCUT2D eigenvalue weighted by molar-refractivity contribution is 7.98. The Hall–Kier alpha value is -1.69. The number of carbonyl (C=O) groups is 2. The van der Waals surface area contributed by atoms with Crippen molar-refractivity contribution in [2.45, 2.75) is 25.6 Å². The maximum atomic E-state index is 11.0. The second-order valence-electron chi connectivity index (χ2n) is 4.15. The number of carboxylic acid groups (broad SMARTS) is 1. The Morgan fingerprint density at radius 2 is 2.10 bits per heavy atom. The molecule has 110 valence electrons. The summed E-state index contributed by atoms with van der Waals surface area (Å²) in [5.74, 6) is 0.405. The van der Waals surface area contributed by atoms with Gasteiger partial charge in [0.2, 0.25) is 5.91 Å². The van der Waals surface area contributed by atoms with E-state index in [1.807, 2.05) is 31.2 Å². The molecule has 1 rings (SSSR count). The topological polar surface area (TPSA) is 75.6 Å². The third-order valence-corrected chi connectivity index (χ3v) is 3.57. The first-order valence-electron chi connectivity index (χ1n) is 6.33. The van der Waals surface area contributed by atoms with Crippen molar-refractivity contribution in [2.75, 3.05) is 12.4 Å². The molecule has 0 spiro atoms. The number of hydrogen-bond donors (Lipinski definition) is 2. The first-order chi connectivity index (χ1) is 9.54. The SMILES string of the molecule is CCOc1ccccc1CSCC(NC(C)=O)C(=O)O. The molecule has 0 heterocycles. The molecule has 5 nitrogen and oxygen atoms in total. The molecule has 1 aromatic carbocycles. The Kier molecular flexibility index (Phi) is 6.93. The number of amides is 1. The van der Waals surface area contributed by atoms with E-state index in [-0.39, 0.29) is 5.91 Å². The van der Waals surface area contributed by atoms with Gasteiger partial charge in [-0.1, -0.05) is 18.2 Å². The molecule has 0 aromatic heterocycles. The lowest BCUT2D eigenvalue weighted by atomic mass is 10.2. The van der Waals surface area contributed by atoms with E-state index in [0.29, 0.717) is 18.1 Å². The molecule has 1 atom stereocenters. The van der Waals surface area contributed by atoms with Gasteiger partial charge >= 0.3 is 5.97 Å². The van der Waals surface area contributed by atoms with E-state index in [2.05, 4.69) is 5.32 Å². The molecule has 0 radical (unpaired) electrons. The first kappa shape index (κ1) is 16.4. The van der Waals surface area contributed by atoms with Crippen LogP contribution < -0.4 is 10.1 Å². The summed E-state index contributed by atoms with van der Waals surface area (Å²) in [5.41, 5.74) is 1.02. The molecular weight excluding hydrogens is 278 g/mol. The van der Waals surface area contributed by atoms with Crippen LogP contribution in [0.15, 0.2) is 24.3 Å². The molecule has 0 aliphatic carbocycles. The minimum Gasteiger partial charge on any atom is -0.494 e. The van der Waals surface area contributed by atoms with Crippen LogP contribution in [0.4, 0.5) is 0 Å². The van der Waals surface area contributed by atoms with Crippen molar-refractivity contribution in [3.63, 3.8) is 0 Å². The molecular formula is C14H19NO4S. The Morgan fingerprint density at radius 1 is 1.40 bits per heavy atom. The summed E-state index contributed by atoms with van der Waals surface area (Å²) in [7, 11) is 0. The zero-order valence-electron chi connectivity index (χ0n) is 11.6. The van der Waals surface area contributed by atoms with Crippen LogP contribution >= 0.6 is 11.8 Å². The lowest BCUT2D eigenvalue weighted by Crippen LogP contribution is -2.41. The Morgan fingerprint density at radius 3 is 2.70 bits per heavy atom. The van der Waals surface area contributed by atoms with Crippen molar-refractivity contribution in [2.24, 2.45) is 0 Å². The lowest BCUT2D eigenvalue weighted by Gasteiger charge is -2.14. The normalized spacial score (nSPS) is 11.7. The van der Waals surface area contributed by atoms with Crippen molar-refractivity contribution in [3.05, 3.63) is 29.8 Å². The summed E-state index contributed by atoms with van der Waals surface area (Å²) < 4.78 is 5.51. The van der Waals surface area contributed by atoms with Crippen LogP contribution in [0.3, 0.4) is 0 Å². The lowest BCUT2D eigenvalue weighted by molar-refractivity contribution is -0.140. The third-order valence-electron chi connectivity index (χ3n) is 2.49. The zero-order chi connectivity index (χ0) is 15.0. The average Bonchev–Trinajstić information content (AvgIpc) is 2.39. The summed E-state index contributed by atoms with van der Waals surface area (Å²) in [6.07, 6.45) is 0. The fourth-order valence-corrected chi connectivity index (χ4v) is 2.66. The molecule has 1 aromatic rings. The molecule has 0 aliphatic heterocycles. The summed E-state index contributed by atoms with van der Waals surface area (Å²) in [6.45, 7) is 3.82. The number of aliphatic carboxylic acids is 1. The maximum absolute atomic E-state index is 11.0. The number of thioether (sulfide) groups is 1. The number of hydrogen-bond acceptors (Lipinski definition) is 4. The summed E-state index contributed by atoms with van der Waals surface area (Å²) in [4.78, 5) is 21.9. The summed E-state index contributed by atoms with van der Waals surface area (Å²) >= 11 is 1.45. The third kappa shape index (κ3) is 5.52. The zero-order valence-corrected chi connectivity index (χ0v) is 12.4. The molecule has 0 aliphatic rings. The number of ether oxygens (including phenoxy) is 1. The molecule has 0 fully saturated rings. The average molecular weight is 297 g/mol. The van der Waals surface area contributed by atoms with Crippen molar-refractivity contribution in [1.29, 1.82) is 0 Å². The van der Waals surface area contributed by atoms with Gasteiger partial charge in [0.05, 0.1) is 6.61 Å². The molecule has 6 heteroatoms. The van der Waals surface area contributed by atoms with E-state index < -0.39 is 12.0 Å². The van der Waals surface area contributed by atoms with Crippen molar-refractivity contribution < 1.29 is 19.4 Å². The smallest absolute Gasteiger partial charge is 0.327 e. The number of benzene rings is 1. The molecule has 1 unspecified atom stereocenters. The predicted octanol–water partition coefficient (Wildman–Crippen LogP) is 1.91. The summed E-state index contributed by atoms with van der Waals surface area (Å²) in [6, 6.07) is 6.79. The number of rotatable bonds is 8. The first-order valence-corrected chi connectivity index (χ1v) is 7.48. The number of nitrogens with one attached hydrogen (secondary N) is 1. The minimum absolute atomic E-state index is 0.315.